The molecular formula is C10H17LiO2. The molecule has 0 aliphatic carbocycles. The van der Waals surface area contributed by atoms with Gasteiger partial charge in [-0.1, -0.05) is 38.7 Å². The third kappa shape index (κ3) is 14.6. The maximum absolute atomic E-state index is 9.94. The quantitative estimate of drug-likeness (QED) is 0.273. The molecule has 0 aromatic heterocycles. The van der Waals surface area contributed by atoms with Crippen LogP contribution in [0.5, 0.6) is 0 Å². The van der Waals surface area contributed by atoms with Crippen LogP contribution in [0.1, 0.15) is 45.4 Å². The molecule has 0 aliphatic heterocycles. The molecule has 0 rings (SSSR count). The van der Waals surface area contributed by atoms with E-state index in [1.807, 2.05) is 0 Å². The van der Waals surface area contributed by atoms with Crippen molar-refractivity contribution in [2.24, 2.45) is 0 Å². The minimum absolute atomic E-state index is 0. The van der Waals surface area contributed by atoms with Gasteiger partial charge in [0, 0.05) is 0 Å². The van der Waals surface area contributed by atoms with Crippen molar-refractivity contribution in [2.75, 3.05) is 0 Å². The van der Waals surface area contributed by atoms with E-state index in [4.69, 9.17) is 0 Å². The second kappa shape index (κ2) is 11.8. The smallest absolute Gasteiger partial charge is 0.545 e. The number of aliphatic carboxylic acids is 1. The number of rotatable bonds is 7. The van der Waals surface area contributed by atoms with E-state index in [1.165, 1.54) is 25.7 Å². The van der Waals surface area contributed by atoms with Crippen LogP contribution in [-0.4, -0.2) is 5.97 Å². The van der Waals surface area contributed by atoms with Crippen LogP contribution in [0.3, 0.4) is 0 Å². The first-order valence-electron chi connectivity index (χ1n) is 4.65. The van der Waals surface area contributed by atoms with Crippen LogP contribution >= 0.6 is 0 Å². The number of hydrogen-bond donors (Lipinski definition) is 0. The van der Waals surface area contributed by atoms with Gasteiger partial charge in [-0.15, -0.1) is 0 Å². The number of carboxylic acids is 1. The molecule has 0 N–H and O–H groups in total. The summed E-state index contributed by atoms with van der Waals surface area (Å²) in [6.45, 7) is 2.18. The van der Waals surface area contributed by atoms with E-state index in [0.717, 1.165) is 18.9 Å². The van der Waals surface area contributed by atoms with E-state index in [0.29, 0.717) is 0 Å². The van der Waals surface area contributed by atoms with Crippen molar-refractivity contribution in [3.8, 4) is 0 Å². The van der Waals surface area contributed by atoms with Gasteiger partial charge in [0.1, 0.15) is 0 Å². The molecule has 0 atom stereocenters. The van der Waals surface area contributed by atoms with E-state index >= 15 is 0 Å². The summed E-state index contributed by atoms with van der Waals surface area (Å²) in [7, 11) is 0. The molecule has 0 spiro atoms. The van der Waals surface area contributed by atoms with Gasteiger partial charge < -0.3 is 9.90 Å². The predicted molar refractivity (Wildman–Crippen MR) is 47.5 cm³/mol. The van der Waals surface area contributed by atoms with Crippen molar-refractivity contribution in [3.05, 3.63) is 12.2 Å². The fourth-order valence-corrected chi connectivity index (χ4v) is 1.05. The van der Waals surface area contributed by atoms with Crippen molar-refractivity contribution >= 4 is 5.97 Å². The van der Waals surface area contributed by atoms with Gasteiger partial charge in [0.15, 0.2) is 0 Å². The first-order chi connectivity index (χ1) is 5.77. The van der Waals surface area contributed by atoms with Crippen LogP contribution in [0.25, 0.3) is 0 Å². The third-order valence-corrected chi connectivity index (χ3v) is 1.73. The van der Waals surface area contributed by atoms with Gasteiger partial charge in [-0.2, -0.15) is 0 Å². The Balaban J connectivity index is 0. The number of unbranched alkanes of at least 4 members (excludes halogenated alkanes) is 5. The zero-order chi connectivity index (χ0) is 9.23. The average molecular weight is 176 g/mol. The minimum Gasteiger partial charge on any atom is -0.545 e. The standard InChI is InChI=1S/C10H18O2.Li/c1-2-3-4-5-6-7-8-9-10(11)12;/h8-9H,2-7H2,1H3,(H,11,12);/q;+1/p-1. The zero-order valence-corrected chi connectivity index (χ0v) is 8.71. The monoisotopic (exact) mass is 176 g/mol. The average Bonchev–Trinajstić information content (AvgIpc) is 2.02. The molecule has 0 saturated heterocycles. The summed E-state index contributed by atoms with van der Waals surface area (Å²) in [5.74, 6) is -1.09. The van der Waals surface area contributed by atoms with Gasteiger partial charge in [-0.3, -0.25) is 0 Å². The largest absolute Gasteiger partial charge is 1.00 e. The summed E-state index contributed by atoms with van der Waals surface area (Å²) in [5, 5.41) is 9.94. The molecule has 0 unspecified atom stereocenters. The first-order valence-corrected chi connectivity index (χ1v) is 4.65. The Kier molecular flexibility index (Phi) is 13.9. The molecule has 0 bridgehead atoms. The summed E-state index contributed by atoms with van der Waals surface area (Å²) in [5.41, 5.74) is 0. The fourth-order valence-electron chi connectivity index (χ4n) is 1.05. The van der Waals surface area contributed by atoms with E-state index in [-0.39, 0.29) is 18.9 Å². The maximum atomic E-state index is 9.94. The maximum Gasteiger partial charge on any atom is 1.00 e. The van der Waals surface area contributed by atoms with E-state index in [2.05, 4.69) is 6.92 Å². The number of carbonyl (C=O) groups excluding carboxylic acids is 1. The molecule has 0 saturated carbocycles. The molecular weight excluding hydrogens is 159 g/mol. The van der Waals surface area contributed by atoms with Gasteiger partial charge in [-0.05, 0) is 18.9 Å². The molecule has 0 aromatic carbocycles. The van der Waals surface area contributed by atoms with Crippen molar-refractivity contribution in [3.63, 3.8) is 0 Å². The normalized spacial score (nSPS) is 9.92. The van der Waals surface area contributed by atoms with Crippen LogP contribution in [-0.2, 0) is 4.79 Å². The van der Waals surface area contributed by atoms with Gasteiger partial charge in [0.2, 0.25) is 0 Å². The zero-order valence-electron chi connectivity index (χ0n) is 8.71. The summed E-state index contributed by atoms with van der Waals surface area (Å²) in [6.07, 6.45) is 9.71. The van der Waals surface area contributed by atoms with Crippen LogP contribution in [0.15, 0.2) is 12.2 Å². The fraction of sp³-hybridized carbons (Fsp3) is 0.700. The van der Waals surface area contributed by atoms with Crippen molar-refractivity contribution in [2.45, 2.75) is 45.4 Å². The Morgan fingerprint density at radius 3 is 2.38 bits per heavy atom. The SMILES string of the molecule is CCCCCCCC=CC(=O)[O-].[Li+]. The third-order valence-electron chi connectivity index (χ3n) is 1.73. The van der Waals surface area contributed by atoms with E-state index in [1.54, 1.807) is 6.08 Å². The number of carboxylic acid groups (broad SMARTS) is 1. The molecule has 0 aromatic rings. The molecule has 0 amide bonds. The van der Waals surface area contributed by atoms with E-state index < -0.39 is 5.97 Å². The van der Waals surface area contributed by atoms with Crippen molar-refractivity contribution in [1.82, 2.24) is 0 Å². The Labute approximate surface area is 92.6 Å². The van der Waals surface area contributed by atoms with Gasteiger partial charge in [0.25, 0.3) is 0 Å². The van der Waals surface area contributed by atoms with Crippen LogP contribution < -0.4 is 24.0 Å². The number of allylic oxidation sites excluding steroid dienone is 1. The van der Waals surface area contributed by atoms with Crippen LogP contribution in [0, 0.1) is 0 Å². The minimum atomic E-state index is -1.09. The van der Waals surface area contributed by atoms with Gasteiger partial charge in [-0.25, -0.2) is 0 Å². The Morgan fingerprint density at radius 1 is 1.23 bits per heavy atom. The molecule has 0 fully saturated rings. The van der Waals surface area contributed by atoms with Crippen molar-refractivity contribution < 1.29 is 28.8 Å². The topological polar surface area (TPSA) is 40.1 Å². The molecule has 0 aliphatic rings. The second-order valence-electron chi connectivity index (χ2n) is 2.92. The second-order valence-corrected chi connectivity index (χ2v) is 2.92. The number of carbonyl (C=O) groups is 1. The van der Waals surface area contributed by atoms with Crippen LogP contribution in [0.2, 0.25) is 0 Å². The Morgan fingerprint density at radius 2 is 1.85 bits per heavy atom. The van der Waals surface area contributed by atoms with Gasteiger partial charge >= 0.3 is 18.9 Å². The molecule has 0 radical (unpaired) electrons. The summed E-state index contributed by atoms with van der Waals surface area (Å²) >= 11 is 0. The number of hydrogen-bond acceptors (Lipinski definition) is 2. The predicted octanol–water partition coefficient (Wildman–Crippen LogP) is -1.34. The van der Waals surface area contributed by atoms with Crippen LogP contribution in [0.4, 0.5) is 0 Å². The first kappa shape index (κ1) is 15.3. The van der Waals surface area contributed by atoms with Crippen molar-refractivity contribution in [1.29, 1.82) is 0 Å². The summed E-state index contributed by atoms with van der Waals surface area (Å²) in [4.78, 5) is 9.94. The van der Waals surface area contributed by atoms with E-state index in [9.17, 15) is 9.90 Å². The van der Waals surface area contributed by atoms with Gasteiger partial charge in [0.05, 0.1) is 5.97 Å². The summed E-state index contributed by atoms with van der Waals surface area (Å²) in [6, 6.07) is 0. The Hall–Kier alpha value is -0.193. The Bertz CT molecular complexity index is 144. The molecule has 13 heavy (non-hydrogen) atoms. The molecule has 2 nitrogen and oxygen atoms in total. The molecule has 3 heteroatoms. The summed E-state index contributed by atoms with van der Waals surface area (Å²) < 4.78 is 0. The molecule has 70 valence electrons. The molecule has 0 heterocycles.